The zero-order chi connectivity index (χ0) is 27.1. The molecule has 200 valence electrons. The minimum absolute atomic E-state index is 0.183. The van der Waals surface area contributed by atoms with Crippen LogP contribution in [0.4, 0.5) is 0 Å². The second kappa shape index (κ2) is 12.7. The van der Waals surface area contributed by atoms with E-state index < -0.39 is 6.10 Å². The molecule has 1 heterocycles. The Morgan fingerprint density at radius 2 is 1.74 bits per heavy atom. The average Bonchev–Trinajstić information content (AvgIpc) is 3.41. The molecule has 5 nitrogen and oxygen atoms in total. The van der Waals surface area contributed by atoms with E-state index >= 15 is 0 Å². The summed E-state index contributed by atoms with van der Waals surface area (Å²) in [5.41, 5.74) is 3.11. The second-order valence-electron chi connectivity index (χ2n) is 10.2. The third kappa shape index (κ3) is 7.29. The first kappa shape index (κ1) is 28.0. The van der Waals surface area contributed by atoms with E-state index in [0.717, 1.165) is 22.4 Å². The van der Waals surface area contributed by atoms with Gasteiger partial charge in [-0.05, 0) is 73.7 Å². The molecule has 1 unspecified atom stereocenters. The van der Waals surface area contributed by atoms with Crippen LogP contribution in [0.15, 0.2) is 78.9 Å². The number of rotatable bonds is 12. The van der Waals surface area contributed by atoms with Crippen LogP contribution in [0.3, 0.4) is 0 Å². The summed E-state index contributed by atoms with van der Waals surface area (Å²) in [5.74, 6) is -0.301. The molecule has 2 atom stereocenters. The van der Waals surface area contributed by atoms with Crippen molar-refractivity contribution in [3.8, 4) is 10.4 Å². The van der Waals surface area contributed by atoms with Crippen molar-refractivity contribution in [3.05, 3.63) is 94.9 Å². The number of esters is 1. The number of hydrogen-bond acceptors (Lipinski definition) is 6. The molecule has 0 amide bonds. The molecule has 0 spiro atoms. The lowest BCUT2D eigenvalue weighted by Gasteiger charge is -2.28. The molecule has 0 aliphatic carbocycles. The molecule has 0 saturated carbocycles. The van der Waals surface area contributed by atoms with E-state index in [9.17, 15) is 9.90 Å². The number of fused-ring (bicyclic) bond motifs is 1. The van der Waals surface area contributed by atoms with Crippen molar-refractivity contribution >= 4 is 28.1 Å². The van der Waals surface area contributed by atoms with Crippen molar-refractivity contribution in [1.82, 2.24) is 5.32 Å². The molecule has 2 N–H and O–H groups in total. The number of carbonyl (C=O) groups excluding carboxylic acids is 1. The van der Waals surface area contributed by atoms with Gasteiger partial charge < -0.3 is 19.9 Å². The van der Waals surface area contributed by atoms with Crippen LogP contribution in [0, 0.1) is 0 Å². The van der Waals surface area contributed by atoms with Gasteiger partial charge in [-0.1, -0.05) is 66.7 Å². The topological polar surface area (TPSA) is 67.8 Å². The van der Waals surface area contributed by atoms with Gasteiger partial charge in [0.25, 0.3) is 0 Å². The van der Waals surface area contributed by atoms with Crippen LogP contribution >= 0.6 is 11.3 Å². The maximum Gasteiger partial charge on any atom is 0.348 e. The number of ether oxygens (including phenoxy) is 2. The smallest absolute Gasteiger partial charge is 0.348 e. The van der Waals surface area contributed by atoms with Gasteiger partial charge >= 0.3 is 5.97 Å². The highest BCUT2D eigenvalue weighted by Crippen LogP contribution is 2.35. The lowest BCUT2D eigenvalue weighted by atomic mass is 9.93. The first-order valence-corrected chi connectivity index (χ1v) is 14.0. The zero-order valence-corrected chi connectivity index (χ0v) is 23.4. The largest absolute Gasteiger partial charge is 0.462 e. The van der Waals surface area contributed by atoms with E-state index in [1.807, 2.05) is 37.3 Å². The molecule has 4 aromatic rings. The Labute approximate surface area is 229 Å². The van der Waals surface area contributed by atoms with Crippen LogP contribution < -0.4 is 5.32 Å². The average molecular weight is 532 g/mol. The van der Waals surface area contributed by atoms with Gasteiger partial charge in [-0.15, -0.1) is 11.3 Å². The molecule has 3 aromatic carbocycles. The number of nitrogens with one attached hydrogen (secondary N) is 1. The highest BCUT2D eigenvalue weighted by atomic mass is 32.1. The number of thiophene rings is 1. The molecule has 1 aromatic heterocycles. The molecule has 4 rings (SSSR count). The van der Waals surface area contributed by atoms with Gasteiger partial charge in [0.2, 0.25) is 0 Å². The fourth-order valence-corrected chi connectivity index (χ4v) is 5.54. The number of benzene rings is 3. The van der Waals surface area contributed by atoms with E-state index in [0.29, 0.717) is 18.0 Å². The third-order valence-corrected chi connectivity index (χ3v) is 7.66. The number of aliphatic hydroxyl groups excluding tert-OH is 1. The standard InChI is InChI=1S/C32H37NO4S/c1-5-36-31(35)30-17-16-29(38-30)28-13-9-8-12-27(28)22(2)37-21-26(34)20-33-32(3,4)19-23-14-15-24-10-6-7-11-25(24)18-23/h6-18,22,26,33-34H,5,19-21H2,1-4H3/t22?,26-/m0/s1. The van der Waals surface area contributed by atoms with Gasteiger partial charge in [0, 0.05) is 17.0 Å². The van der Waals surface area contributed by atoms with Crippen LogP contribution in [0.2, 0.25) is 0 Å². The Hall–Kier alpha value is -3.03. The minimum Gasteiger partial charge on any atom is -0.462 e. The molecule has 0 aliphatic rings. The van der Waals surface area contributed by atoms with Crippen molar-refractivity contribution in [2.24, 2.45) is 0 Å². The normalized spacial score (nSPS) is 13.4. The lowest BCUT2D eigenvalue weighted by Crippen LogP contribution is -2.46. The number of hydrogen-bond donors (Lipinski definition) is 2. The quantitative estimate of drug-likeness (QED) is 0.197. The van der Waals surface area contributed by atoms with Crippen molar-refractivity contribution in [3.63, 3.8) is 0 Å². The van der Waals surface area contributed by atoms with Crippen LogP contribution in [-0.4, -0.2) is 42.5 Å². The fourth-order valence-electron chi connectivity index (χ4n) is 4.59. The highest BCUT2D eigenvalue weighted by Gasteiger charge is 2.21. The van der Waals surface area contributed by atoms with Gasteiger partial charge in [0.15, 0.2) is 0 Å². The van der Waals surface area contributed by atoms with Gasteiger partial charge in [0.05, 0.1) is 25.4 Å². The Bertz CT molecular complexity index is 1360. The summed E-state index contributed by atoms with van der Waals surface area (Å²) in [6.45, 7) is 9.10. The van der Waals surface area contributed by atoms with E-state index in [2.05, 4.69) is 61.6 Å². The van der Waals surface area contributed by atoms with Gasteiger partial charge in [-0.2, -0.15) is 0 Å². The monoisotopic (exact) mass is 531 g/mol. The minimum atomic E-state index is -0.641. The highest BCUT2D eigenvalue weighted by molar-refractivity contribution is 7.17. The summed E-state index contributed by atoms with van der Waals surface area (Å²) in [4.78, 5) is 13.7. The molecule has 6 heteroatoms. The molecule has 0 saturated heterocycles. The summed E-state index contributed by atoms with van der Waals surface area (Å²) in [7, 11) is 0. The zero-order valence-electron chi connectivity index (χ0n) is 22.6. The van der Waals surface area contributed by atoms with Crippen LogP contribution in [-0.2, 0) is 15.9 Å². The van der Waals surface area contributed by atoms with Gasteiger partial charge in [-0.3, -0.25) is 0 Å². The third-order valence-electron chi connectivity index (χ3n) is 6.56. The van der Waals surface area contributed by atoms with Crippen LogP contribution in [0.1, 0.15) is 54.6 Å². The molecular weight excluding hydrogens is 494 g/mol. The number of β-amino-alcohol motifs (C(OH)–C–C–N with tert-alkyl or cyclic N) is 1. The van der Waals surface area contributed by atoms with Gasteiger partial charge in [0.1, 0.15) is 4.88 Å². The van der Waals surface area contributed by atoms with Crippen molar-refractivity contribution in [2.45, 2.75) is 51.9 Å². The molecule has 0 bridgehead atoms. The SMILES string of the molecule is CCOC(=O)c1ccc(-c2ccccc2C(C)OC[C@@H](O)CNC(C)(C)Cc2ccc3ccccc3c2)s1. The fraction of sp³-hybridized carbons (Fsp3) is 0.344. The molecular formula is C32H37NO4S. The second-order valence-corrected chi connectivity index (χ2v) is 11.3. The summed E-state index contributed by atoms with van der Waals surface area (Å²) in [6, 6.07) is 26.7. The molecule has 0 fully saturated rings. The maximum absolute atomic E-state index is 12.1. The van der Waals surface area contributed by atoms with Crippen molar-refractivity contribution in [2.75, 3.05) is 19.8 Å². The Kier molecular flexibility index (Phi) is 9.34. The number of carbonyl (C=O) groups is 1. The molecule has 38 heavy (non-hydrogen) atoms. The van der Waals surface area contributed by atoms with Crippen molar-refractivity contribution < 1.29 is 19.4 Å². The summed E-state index contributed by atoms with van der Waals surface area (Å²) >= 11 is 1.41. The van der Waals surface area contributed by atoms with Crippen LogP contribution in [0.25, 0.3) is 21.2 Å². The summed E-state index contributed by atoms with van der Waals surface area (Å²) in [6.07, 6.45) is -0.0127. The Morgan fingerprint density at radius 1 is 1.00 bits per heavy atom. The summed E-state index contributed by atoms with van der Waals surface area (Å²) < 4.78 is 11.2. The predicted octanol–water partition coefficient (Wildman–Crippen LogP) is 6.79. The molecule has 0 radical (unpaired) electrons. The summed E-state index contributed by atoms with van der Waals surface area (Å²) in [5, 5.41) is 16.7. The maximum atomic E-state index is 12.1. The Morgan fingerprint density at radius 3 is 2.53 bits per heavy atom. The lowest BCUT2D eigenvalue weighted by molar-refractivity contribution is -0.00396. The van der Waals surface area contributed by atoms with E-state index in [4.69, 9.17) is 9.47 Å². The van der Waals surface area contributed by atoms with E-state index in [1.165, 1.54) is 27.7 Å². The molecule has 0 aliphatic heterocycles. The van der Waals surface area contributed by atoms with Crippen LogP contribution in [0.5, 0.6) is 0 Å². The number of aliphatic hydroxyl groups is 1. The predicted molar refractivity (Wildman–Crippen MR) is 156 cm³/mol. The van der Waals surface area contributed by atoms with E-state index in [1.54, 1.807) is 13.0 Å². The Balaban J connectivity index is 1.31. The first-order valence-electron chi connectivity index (χ1n) is 13.1. The van der Waals surface area contributed by atoms with Gasteiger partial charge in [-0.25, -0.2) is 4.79 Å². The van der Waals surface area contributed by atoms with E-state index in [-0.39, 0.29) is 24.2 Å². The van der Waals surface area contributed by atoms with Crippen molar-refractivity contribution in [1.29, 1.82) is 0 Å². The first-order chi connectivity index (χ1) is 18.3.